The molecule has 8 heteroatoms. The number of carbonyl (C=O) groups excluding carboxylic acids is 1. The van der Waals surface area contributed by atoms with Crippen LogP contribution in [0, 0.1) is 0 Å². The Hall–Kier alpha value is -3.65. The van der Waals surface area contributed by atoms with Gasteiger partial charge in [-0.2, -0.15) is 0 Å². The Morgan fingerprint density at radius 3 is 2.55 bits per heavy atom. The summed E-state index contributed by atoms with van der Waals surface area (Å²) in [7, 11) is -3.79. The molecule has 4 aromatic rings. The lowest BCUT2D eigenvalue weighted by Gasteiger charge is -2.23. The van der Waals surface area contributed by atoms with E-state index in [0.29, 0.717) is 17.8 Å². The van der Waals surface area contributed by atoms with Crippen LogP contribution in [-0.2, 0) is 16.6 Å². The number of anilines is 1. The third kappa shape index (κ3) is 4.90. The number of aryl methyl sites for hydroxylation is 1. The fraction of sp³-hybridized carbons (Fsp3) is 0.200. The molecular formula is C25H26N4O3S. The number of rotatable bonds is 9. The fourth-order valence-electron chi connectivity index (χ4n) is 3.75. The van der Waals surface area contributed by atoms with Gasteiger partial charge in [0.15, 0.2) is 0 Å². The van der Waals surface area contributed by atoms with Gasteiger partial charge in [-0.3, -0.25) is 9.10 Å². The molecule has 0 aliphatic heterocycles. The zero-order valence-electron chi connectivity index (χ0n) is 18.4. The third-order valence-corrected chi connectivity index (χ3v) is 7.30. The number of hydrogen-bond donors (Lipinski definition) is 1. The predicted molar refractivity (Wildman–Crippen MR) is 130 cm³/mol. The molecule has 0 aliphatic rings. The molecule has 33 heavy (non-hydrogen) atoms. The largest absolute Gasteiger partial charge is 0.352 e. The summed E-state index contributed by atoms with van der Waals surface area (Å²) in [5.74, 6) is -0.301. The van der Waals surface area contributed by atoms with Crippen LogP contribution in [-0.4, -0.2) is 37.0 Å². The van der Waals surface area contributed by atoms with Crippen LogP contribution >= 0.6 is 0 Å². The van der Waals surface area contributed by atoms with Crippen LogP contribution in [0.25, 0.3) is 11.0 Å². The first-order valence-electron chi connectivity index (χ1n) is 10.9. The van der Waals surface area contributed by atoms with Gasteiger partial charge in [0.2, 0.25) is 0 Å². The molecule has 1 aromatic heterocycles. The highest BCUT2D eigenvalue weighted by Crippen LogP contribution is 2.23. The second kappa shape index (κ2) is 9.87. The summed E-state index contributed by atoms with van der Waals surface area (Å²) in [5, 5.41) is 2.88. The second-order valence-corrected chi connectivity index (χ2v) is 9.43. The lowest BCUT2D eigenvalue weighted by Crippen LogP contribution is -2.31. The second-order valence-electron chi connectivity index (χ2n) is 7.57. The predicted octanol–water partition coefficient (Wildman–Crippen LogP) is 4.07. The molecule has 0 fully saturated rings. The van der Waals surface area contributed by atoms with Crippen LogP contribution in [0.1, 0.15) is 23.7 Å². The monoisotopic (exact) mass is 462 g/mol. The van der Waals surface area contributed by atoms with Crippen LogP contribution in [0.15, 0.2) is 90.1 Å². The van der Waals surface area contributed by atoms with Gasteiger partial charge in [-0.05, 0) is 55.8 Å². The van der Waals surface area contributed by atoms with Crippen molar-refractivity contribution in [3.8, 4) is 0 Å². The van der Waals surface area contributed by atoms with Crippen molar-refractivity contribution in [3.05, 3.63) is 90.8 Å². The van der Waals surface area contributed by atoms with E-state index in [9.17, 15) is 13.2 Å². The first-order valence-corrected chi connectivity index (χ1v) is 12.3. The average Bonchev–Trinajstić information content (AvgIpc) is 3.26. The number of carbonyl (C=O) groups is 1. The highest BCUT2D eigenvalue weighted by atomic mass is 32.2. The summed E-state index contributed by atoms with van der Waals surface area (Å²) in [6.45, 7) is 3.25. The molecule has 0 spiro atoms. The van der Waals surface area contributed by atoms with Gasteiger partial charge in [-0.1, -0.05) is 36.4 Å². The fourth-order valence-corrected chi connectivity index (χ4v) is 5.27. The SMILES string of the molecule is CCN(c1ccccc1)S(=O)(=O)c1cccc(C(=O)NCCCn2cnc3ccccc32)c1. The van der Waals surface area contributed by atoms with Crippen LogP contribution in [0.5, 0.6) is 0 Å². The maximum Gasteiger partial charge on any atom is 0.264 e. The molecule has 4 rings (SSSR count). The van der Waals surface area contributed by atoms with E-state index in [2.05, 4.69) is 14.9 Å². The number of sulfonamides is 1. The maximum absolute atomic E-state index is 13.2. The Bertz CT molecular complexity index is 1350. The molecule has 0 saturated carbocycles. The molecule has 7 nitrogen and oxygen atoms in total. The van der Waals surface area contributed by atoms with Crippen LogP contribution in [0.4, 0.5) is 5.69 Å². The maximum atomic E-state index is 13.2. The van der Waals surface area contributed by atoms with E-state index in [1.54, 1.807) is 49.6 Å². The summed E-state index contributed by atoms with van der Waals surface area (Å²) in [5.41, 5.74) is 2.90. The van der Waals surface area contributed by atoms with Gasteiger partial charge in [-0.15, -0.1) is 0 Å². The van der Waals surface area contributed by atoms with Crippen LogP contribution < -0.4 is 9.62 Å². The van der Waals surface area contributed by atoms with E-state index in [4.69, 9.17) is 0 Å². The number of nitrogens with zero attached hydrogens (tertiary/aromatic N) is 3. The first-order chi connectivity index (χ1) is 16.0. The lowest BCUT2D eigenvalue weighted by atomic mass is 10.2. The molecule has 0 bridgehead atoms. The Morgan fingerprint density at radius 2 is 1.76 bits per heavy atom. The van der Waals surface area contributed by atoms with Crippen molar-refractivity contribution in [2.75, 3.05) is 17.4 Å². The van der Waals surface area contributed by atoms with Gasteiger partial charge in [0, 0.05) is 25.2 Å². The highest BCUT2D eigenvalue weighted by Gasteiger charge is 2.24. The summed E-state index contributed by atoms with van der Waals surface area (Å²) in [6, 6.07) is 23.0. The molecule has 1 N–H and O–H groups in total. The molecule has 3 aromatic carbocycles. The number of para-hydroxylation sites is 3. The Kier molecular flexibility index (Phi) is 6.74. The molecule has 0 atom stereocenters. The zero-order chi connectivity index (χ0) is 23.3. The van der Waals surface area contributed by atoms with Gasteiger partial charge in [0.1, 0.15) is 0 Å². The van der Waals surface area contributed by atoms with E-state index in [0.717, 1.165) is 24.0 Å². The number of amides is 1. The summed E-state index contributed by atoms with van der Waals surface area (Å²) in [6.07, 6.45) is 2.52. The van der Waals surface area contributed by atoms with Gasteiger partial charge < -0.3 is 9.88 Å². The number of benzene rings is 3. The molecule has 170 valence electrons. The summed E-state index contributed by atoms with van der Waals surface area (Å²) >= 11 is 0. The van der Waals surface area contributed by atoms with Crippen LogP contribution in [0.2, 0.25) is 0 Å². The molecule has 0 unspecified atom stereocenters. The number of aromatic nitrogens is 2. The van der Waals surface area contributed by atoms with Gasteiger partial charge in [0.05, 0.1) is 27.9 Å². The molecule has 1 heterocycles. The van der Waals surface area contributed by atoms with Crippen molar-refractivity contribution in [3.63, 3.8) is 0 Å². The van der Waals surface area contributed by atoms with Crippen molar-refractivity contribution in [1.29, 1.82) is 0 Å². The van der Waals surface area contributed by atoms with Crippen molar-refractivity contribution in [1.82, 2.24) is 14.9 Å². The smallest absolute Gasteiger partial charge is 0.264 e. The van der Waals surface area contributed by atoms with Crippen molar-refractivity contribution >= 4 is 32.7 Å². The minimum atomic E-state index is -3.79. The number of nitrogens with one attached hydrogen (secondary N) is 1. The zero-order valence-corrected chi connectivity index (χ0v) is 19.2. The number of fused-ring (bicyclic) bond motifs is 1. The highest BCUT2D eigenvalue weighted by molar-refractivity contribution is 7.92. The Morgan fingerprint density at radius 1 is 1.00 bits per heavy atom. The van der Waals surface area contributed by atoms with E-state index < -0.39 is 10.0 Å². The van der Waals surface area contributed by atoms with Crippen molar-refractivity contribution in [2.24, 2.45) is 0 Å². The first kappa shape index (κ1) is 22.5. The average molecular weight is 463 g/mol. The lowest BCUT2D eigenvalue weighted by molar-refractivity contribution is 0.0952. The summed E-state index contributed by atoms with van der Waals surface area (Å²) < 4.78 is 29.8. The molecular weight excluding hydrogens is 436 g/mol. The number of imidazole rings is 1. The molecule has 1 amide bonds. The third-order valence-electron chi connectivity index (χ3n) is 5.40. The topological polar surface area (TPSA) is 84.3 Å². The quantitative estimate of drug-likeness (QED) is 0.380. The number of hydrogen-bond acceptors (Lipinski definition) is 4. The van der Waals surface area contributed by atoms with E-state index >= 15 is 0 Å². The Balaban J connectivity index is 1.41. The molecule has 0 aliphatic carbocycles. The standard InChI is InChI=1S/C25H26N4O3S/c1-2-29(21-11-4-3-5-12-21)33(31,32)22-13-8-10-20(18-22)25(30)26-16-9-17-28-19-27-23-14-6-7-15-24(23)28/h3-8,10-15,18-19H,2,9,16-17H2,1H3,(H,26,30). The van der Waals surface area contributed by atoms with Crippen molar-refractivity contribution < 1.29 is 13.2 Å². The minimum absolute atomic E-state index is 0.0886. The van der Waals surface area contributed by atoms with E-state index in [1.165, 1.54) is 16.4 Å². The summed E-state index contributed by atoms with van der Waals surface area (Å²) in [4.78, 5) is 17.1. The molecule has 0 saturated heterocycles. The molecule has 0 radical (unpaired) electrons. The van der Waals surface area contributed by atoms with Crippen LogP contribution in [0.3, 0.4) is 0 Å². The van der Waals surface area contributed by atoms with Gasteiger partial charge in [0.25, 0.3) is 15.9 Å². The van der Waals surface area contributed by atoms with E-state index in [-0.39, 0.29) is 17.3 Å². The van der Waals surface area contributed by atoms with Gasteiger partial charge >= 0.3 is 0 Å². The minimum Gasteiger partial charge on any atom is -0.352 e. The van der Waals surface area contributed by atoms with Gasteiger partial charge in [-0.25, -0.2) is 13.4 Å². The van der Waals surface area contributed by atoms with Crippen molar-refractivity contribution in [2.45, 2.75) is 24.8 Å². The van der Waals surface area contributed by atoms with E-state index in [1.807, 2.05) is 30.3 Å². The Labute approximate surface area is 193 Å². The normalized spacial score (nSPS) is 11.4.